The monoisotopic (exact) mass is 382 g/mol. The third-order valence-electron chi connectivity index (χ3n) is 4.23. The van der Waals surface area contributed by atoms with E-state index in [1.807, 2.05) is 0 Å². The van der Waals surface area contributed by atoms with E-state index in [0.29, 0.717) is 17.1 Å². The first-order valence-corrected chi connectivity index (χ1v) is 8.16. The minimum atomic E-state index is -0.872. The average Bonchev–Trinajstić information content (AvgIpc) is 3.13. The molecule has 2 aliphatic heterocycles. The van der Waals surface area contributed by atoms with Crippen molar-refractivity contribution in [2.45, 2.75) is 0 Å². The number of phenolic OH excluding ortho intramolecular Hbond substituents is 1. The van der Waals surface area contributed by atoms with Crippen LogP contribution >= 0.6 is 0 Å². The summed E-state index contributed by atoms with van der Waals surface area (Å²) >= 11 is 0. The average molecular weight is 382 g/mol. The van der Waals surface area contributed by atoms with Crippen molar-refractivity contribution < 1.29 is 33.7 Å². The number of imide groups is 2. The zero-order valence-electron chi connectivity index (χ0n) is 14.6. The van der Waals surface area contributed by atoms with E-state index in [2.05, 4.69) is 5.32 Å². The van der Waals surface area contributed by atoms with Gasteiger partial charge in [-0.05, 0) is 35.9 Å². The van der Waals surface area contributed by atoms with E-state index in [1.165, 1.54) is 37.5 Å². The fraction of sp³-hybridized carbons (Fsp3) is 0.105. The second kappa shape index (κ2) is 6.62. The Labute approximate surface area is 158 Å². The van der Waals surface area contributed by atoms with Gasteiger partial charge in [0.25, 0.3) is 11.8 Å². The highest BCUT2D eigenvalue weighted by molar-refractivity contribution is 6.39. The van der Waals surface area contributed by atoms with Crippen molar-refractivity contribution in [1.82, 2.24) is 5.32 Å². The molecule has 9 heteroatoms. The van der Waals surface area contributed by atoms with Crippen LogP contribution in [0.25, 0.3) is 6.08 Å². The van der Waals surface area contributed by atoms with Crippen molar-refractivity contribution in [1.29, 1.82) is 0 Å². The van der Waals surface area contributed by atoms with Crippen LogP contribution < -0.4 is 24.4 Å². The van der Waals surface area contributed by atoms with Gasteiger partial charge in [0, 0.05) is 6.07 Å². The van der Waals surface area contributed by atoms with Crippen molar-refractivity contribution in [3.63, 3.8) is 0 Å². The molecule has 0 saturated carbocycles. The van der Waals surface area contributed by atoms with Crippen LogP contribution in [0.1, 0.15) is 5.56 Å². The quantitative estimate of drug-likeness (QED) is 0.614. The van der Waals surface area contributed by atoms with Gasteiger partial charge in [-0.2, -0.15) is 0 Å². The van der Waals surface area contributed by atoms with Gasteiger partial charge in [0.15, 0.2) is 23.0 Å². The molecule has 1 saturated heterocycles. The third-order valence-corrected chi connectivity index (χ3v) is 4.23. The normalized spacial score (nSPS) is 17.1. The molecule has 9 nitrogen and oxygen atoms in total. The number of methoxy groups -OCH3 is 1. The minimum Gasteiger partial charge on any atom is -0.504 e. The van der Waals surface area contributed by atoms with Gasteiger partial charge in [0.05, 0.1) is 12.8 Å². The molecule has 0 atom stereocenters. The van der Waals surface area contributed by atoms with E-state index in [0.717, 1.165) is 4.90 Å². The molecule has 0 unspecified atom stereocenters. The smallest absolute Gasteiger partial charge is 0.335 e. The van der Waals surface area contributed by atoms with Gasteiger partial charge in [-0.25, -0.2) is 9.69 Å². The number of ether oxygens (including phenoxy) is 3. The Morgan fingerprint density at radius 1 is 1.11 bits per heavy atom. The SMILES string of the molecule is COc1ccc(/C=C2\C(=O)NC(=O)N(c3ccc4c(c3)OCO4)C2=O)cc1O. The molecule has 0 aliphatic carbocycles. The number of nitrogens with one attached hydrogen (secondary N) is 1. The molecule has 2 aliphatic rings. The summed E-state index contributed by atoms with van der Waals surface area (Å²) in [6, 6.07) is 8.09. The van der Waals surface area contributed by atoms with Gasteiger partial charge in [-0.3, -0.25) is 14.9 Å². The van der Waals surface area contributed by atoms with E-state index in [9.17, 15) is 19.5 Å². The first kappa shape index (κ1) is 17.4. The van der Waals surface area contributed by atoms with Crippen molar-refractivity contribution >= 4 is 29.6 Å². The van der Waals surface area contributed by atoms with Crippen molar-refractivity contribution in [2.24, 2.45) is 0 Å². The zero-order valence-corrected chi connectivity index (χ0v) is 14.6. The van der Waals surface area contributed by atoms with Gasteiger partial charge >= 0.3 is 6.03 Å². The predicted molar refractivity (Wildman–Crippen MR) is 96.2 cm³/mol. The Balaban J connectivity index is 1.71. The Kier molecular flexibility index (Phi) is 4.11. The van der Waals surface area contributed by atoms with Crippen molar-refractivity contribution in [2.75, 3.05) is 18.8 Å². The number of fused-ring (bicyclic) bond motifs is 1. The summed E-state index contributed by atoms with van der Waals surface area (Å²) in [5.74, 6) is -0.650. The van der Waals surface area contributed by atoms with Crippen LogP contribution in [-0.4, -0.2) is 36.9 Å². The molecule has 1 fully saturated rings. The van der Waals surface area contributed by atoms with E-state index >= 15 is 0 Å². The molecular weight excluding hydrogens is 368 g/mol. The number of anilines is 1. The van der Waals surface area contributed by atoms with Crippen LogP contribution in [0.4, 0.5) is 10.5 Å². The number of barbiturate groups is 1. The molecule has 2 aromatic carbocycles. The number of hydrogen-bond donors (Lipinski definition) is 2. The Morgan fingerprint density at radius 2 is 1.89 bits per heavy atom. The summed E-state index contributed by atoms with van der Waals surface area (Å²) in [5.41, 5.74) is 0.348. The van der Waals surface area contributed by atoms with E-state index in [1.54, 1.807) is 12.1 Å². The lowest BCUT2D eigenvalue weighted by Crippen LogP contribution is -2.54. The fourth-order valence-corrected chi connectivity index (χ4v) is 2.88. The third kappa shape index (κ3) is 2.88. The van der Waals surface area contributed by atoms with Crippen LogP contribution in [0.5, 0.6) is 23.0 Å². The summed E-state index contributed by atoms with van der Waals surface area (Å²) in [6.45, 7) is 0.0452. The van der Waals surface area contributed by atoms with Gasteiger partial charge in [-0.1, -0.05) is 6.07 Å². The Bertz CT molecular complexity index is 1040. The molecule has 2 aromatic rings. The highest BCUT2D eigenvalue weighted by Gasteiger charge is 2.37. The molecule has 4 rings (SSSR count). The Morgan fingerprint density at radius 3 is 2.64 bits per heavy atom. The van der Waals surface area contributed by atoms with Gasteiger partial charge in [0.1, 0.15) is 5.57 Å². The summed E-state index contributed by atoms with van der Waals surface area (Å²) in [4.78, 5) is 38.2. The number of nitrogens with zero attached hydrogens (tertiary/aromatic N) is 1. The minimum absolute atomic E-state index is 0.0452. The highest BCUT2D eigenvalue weighted by Crippen LogP contribution is 2.36. The molecule has 142 valence electrons. The largest absolute Gasteiger partial charge is 0.504 e. The Hall–Kier alpha value is -4.01. The number of aromatic hydroxyl groups is 1. The number of carbonyl (C=O) groups excluding carboxylic acids is 3. The lowest BCUT2D eigenvalue weighted by molar-refractivity contribution is -0.122. The van der Waals surface area contributed by atoms with E-state index in [4.69, 9.17) is 14.2 Å². The maximum absolute atomic E-state index is 12.9. The number of benzene rings is 2. The molecule has 0 aromatic heterocycles. The summed E-state index contributed by atoms with van der Waals surface area (Å²) in [5, 5.41) is 12.0. The maximum atomic E-state index is 12.9. The molecule has 2 N–H and O–H groups in total. The number of hydrogen-bond acceptors (Lipinski definition) is 7. The number of carbonyl (C=O) groups is 3. The molecule has 0 spiro atoms. The topological polar surface area (TPSA) is 114 Å². The predicted octanol–water partition coefficient (Wildman–Crippen LogP) is 1.80. The lowest BCUT2D eigenvalue weighted by atomic mass is 10.1. The zero-order chi connectivity index (χ0) is 19.8. The number of rotatable bonds is 3. The van der Waals surface area contributed by atoms with Gasteiger partial charge in [0.2, 0.25) is 6.79 Å². The fourth-order valence-electron chi connectivity index (χ4n) is 2.88. The molecular formula is C19H14N2O7. The van der Waals surface area contributed by atoms with E-state index < -0.39 is 17.8 Å². The lowest BCUT2D eigenvalue weighted by Gasteiger charge is -2.26. The number of phenols is 1. The van der Waals surface area contributed by atoms with E-state index in [-0.39, 0.29) is 29.6 Å². The molecule has 28 heavy (non-hydrogen) atoms. The van der Waals surface area contributed by atoms with Crippen LogP contribution in [-0.2, 0) is 9.59 Å². The molecule has 0 radical (unpaired) electrons. The summed E-state index contributed by atoms with van der Waals surface area (Å²) < 4.78 is 15.4. The standard InChI is InChI=1S/C19H14N2O7/c1-26-14-4-2-10(7-13(14)22)6-12-17(23)20-19(25)21(18(12)24)11-3-5-15-16(8-11)28-9-27-15/h2-8,22H,9H2,1H3,(H,20,23,25)/b12-6+. The van der Waals surface area contributed by atoms with Gasteiger partial charge < -0.3 is 19.3 Å². The van der Waals surface area contributed by atoms with Gasteiger partial charge in [-0.15, -0.1) is 0 Å². The second-order valence-corrected chi connectivity index (χ2v) is 5.93. The first-order chi connectivity index (χ1) is 13.5. The van der Waals surface area contributed by atoms with Crippen molar-refractivity contribution in [3.8, 4) is 23.0 Å². The van der Waals surface area contributed by atoms with Crippen LogP contribution in [0.15, 0.2) is 42.0 Å². The first-order valence-electron chi connectivity index (χ1n) is 8.16. The number of amides is 4. The molecule has 0 bridgehead atoms. The number of urea groups is 1. The molecule has 4 amide bonds. The van der Waals surface area contributed by atoms with Crippen molar-refractivity contribution in [3.05, 3.63) is 47.5 Å². The summed E-state index contributed by atoms with van der Waals surface area (Å²) in [7, 11) is 1.40. The summed E-state index contributed by atoms with van der Waals surface area (Å²) in [6.07, 6.45) is 1.28. The van der Waals surface area contributed by atoms with Crippen LogP contribution in [0.3, 0.4) is 0 Å². The molecule has 2 heterocycles. The maximum Gasteiger partial charge on any atom is 0.335 e. The highest BCUT2D eigenvalue weighted by atomic mass is 16.7. The van der Waals surface area contributed by atoms with Crippen LogP contribution in [0.2, 0.25) is 0 Å². The second-order valence-electron chi connectivity index (χ2n) is 5.93. The van der Waals surface area contributed by atoms with Crippen LogP contribution in [0, 0.1) is 0 Å².